The molecule has 0 heterocycles. The lowest BCUT2D eigenvalue weighted by Gasteiger charge is -2.11. The molecule has 1 amide bonds. The minimum Gasteiger partial charge on any atom is -0.495 e. The summed E-state index contributed by atoms with van der Waals surface area (Å²) in [5.41, 5.74) is 1.78. The van der Waals surface area contributed by atoms with E-state index in [0.29, 0.717) is 30.9 Å². The maximum absolute atomic E-state index is 12.0. The van der Waals surface area contributed by atoms with Gasteiger partial charge in [0.15, 0.2) is 0 Å². The van der Waals surface area contributed by atoms with Crippen LogP contribution in [0.3, 0.4) is 0 Å². The summed E-state index contributed by atoms with van der Waals surface area (Å²) in [4.78, 5) is 12.0. The van der Waals surface area contributed by atoms with Crippen LogP contribution in [0, 0.1) is 6.92 Å². The Morgan fingerprint density at radius 2 is 1.91 bits per heavy atom. The summed E-state index contributed by atoms with van der Waals surface area (Å²) in [6, 6.07) is 15.3. The molecule has 0 aliphatic heterocycles. The third kappa shape index (κ3) is 4.81. The Morgan fingerprint density at radius 1 is 1.14 bits per heavy atom. The van der Waals surface area contributed by atoms with Crippen LogP contribution in [0.2, 0.25) is 0 Å². The fraction of sp³-hybridized carbons (Fsp3) is 0.278. The largest absolute Gasteiger partial charge is 0.495 e. The van der Waals surface area contributed by atoms with Gasteiger partial charge in [-0.1, -0.05) is 24.3 Å². The molecular weight excluding hydrogens is 278 g/mol. The van der Waals surface area contributed by atoms with Gasteiger partial charge >= 0.3 is 0 Å². The number of anilines is 1. The van der Waals surface area contributed by atoms with Gasteiger partial charge in [-0.25, -0.2) is 0 Å². The van der Waals surface area contributed by atoms with E-state index in [1.54, 1.807) is 7.11 Å². The molecule has 0 atom stereocenters. The molecule has 2 rings (SSSR count). The van der Waals surface area contributed by atoms with Gasteiger partial charge in [0.25, 0.3) is 0 Å². The summed E-state index contributed by atoms with van der Waals surface area (Å²) in [6.45, 7) is 2.49. The highest BCUT2D eigenvalue weighted by molar-refractivity contribution is 5.92. The zero-order valence-electron chi connectivity index (χ0n) is 13.0. The molecule has 0 aliphatic carbocycles. The molecule has 0 bridgehead atoms. The number of carbonyl (C=O) groups is 1. The monoisotopic (exact) mass is 299 g/mol. The van der Waals surface area contributed by atoms with Gasteiger partial charge in [-0.05, 0) is 43.2 Å². The maximum atomic E-state index is 12.0. The van der Waals surface area contributed by atoms with Crippen LogP contribution >= 0.6 is 0 Å². The van der Waals surface area contributed by atoms with Gasteiger partial charge in [-0.2, -0.15) is 0 Å². The highest BCUT2D eigenvalue weighted by Crippen LogP contribution is 2.25. The highest BCUT2D eigenvalue weighted by atomic mass is 16.5. The molecule has 0 aliphatic rings. The van der Waals surface area contributed by atoms with Crippen molar-refractivity contribution in [3.63, 3.8) is 0 Å². The Kier molecular flexibility index (Phi) is 5.83. The Bertz CT molecular complexity index is 611. The lowest BCUT2D eigenvalue weighted by atomic mass is 10.2. The van der Waals surface area contributed by atoms with E-state index in [0.717, 1.165) is 11.3 Å². The van der Waals surface area contributed by atoms with Crippen molar-refractivity contribution in [2.75, 3.05) is 19.0 Å². The lowest BCUT2D eigenvalue weighted by Crippen LogP contribution is -2.13. The van der Waals surface area contributed by atoms with Crippen LogP contribution in [0.25, 0.3) is 0 Å². The molecule has 116 valence electrons. The first-order valence-electron chi connectivity index (χ1n) is 7.31. The second-order valence-corrected chi connectivity index (χ2v) is 5.02. The smallest absolute Gasteiger partial charge is 0.224 e. The van der Waals surface area contributed by atoms with Crippen LogP contribution in [0.5, 0.6) is 11.5 Å². The molecule has 0 saturated carbocycles. The highest BCUT2D eigenvalue weighted by Gasteiger charge is 2.07. The molecule has 4 heteroatoms. The first-order valence-corrected chi connectivity index (χ1v) is 7.31. The molecule has 0 fully saturated rings. The molecule has 2 aromatic carbocycles. The number of carbonyl (C=O) groups excluding carboxylic acids is 1. The predicted octanol–water partition coefficient (Wildman–Crippen LogP) is 3.80. The lowest BCUT2D eigenvalue weighted by molar-refractivity contribution is -0.116. The van der Waals surface area contributed by atoms with Crippen molar-refractivity contribution < 1.29 is 14.3 Å². The average Bonchev–Trinajstić information content (AvgIpc) is 2.53. The van der Waals surface area contributed by atoms with E-state index >= 15 is 0 Å². The van der Waals surface area contributed by atoms with E-state index in [9.17, 15) is 4.79 Å². The summed E-state index contributed by atoms with van der Waals surface area (Å²) in [5, 5.41) is 2.88. The Morgan fingerprint density at radius 3 is 2.64 bits per heavy atom. The zero-order chi connectivity index (χ0) is 15.8. The number of ether oxygens (including phenoxy) is 2. The molecule has 22 heavy (non-hydrogen) atoms. The Labute approximate surface area is 131 Å². The van der Waals surface area contributed by atoms with Crippen LogP contribution < -0.4 is 14.8 Å². The van der Waals surface area contributed by atoms with E-state index in [1.165, 1.54) is 0 Å². The number of methoxy groups -OCH3 is 1. The van der Waals surface area contributed by atoms with Crippen LogP contribution in [-0.2, 0) is 4.79 Å². The predicted molar refractivity (Wildman–Crippen MR) is 87.5 cm³/mol. The molecule has 0 spiro atoms. The zero-order valence-corrected chi connectivity index (χ0v) is 13.0. The minimum absolute atomic E-state index is 0.0411. The third-order valence-corrected chi connectivity index (χ3v) is 3.19. The van der Waals surface area contributed by atoms with Gasteiger partial charge in [-0.15, -0.1) is 0 Å². The summed E-state index contributed by atoms with van der Waals surface area (Å²) in [6.07, 6.45) is 1.07. The van der Waals surface area contributed by atoms with E-state index < -0.39 is 0 Å². The van der Waals surface area contributed by atoms with E-state index in [2.05, 4.69) is 5.32 Å². The standard InChI is InChI=1S/C18H21NO3/c1-14-10-11-17(21-2)16(13-14)19-18(20)9-6-12-22-15-7-4-3-5-8-15/h3-5,7-8,10-11,13H,6,9,12H2,1-2H3,(H,19,20). The second-order valence-electron chi connectivity index (χ2n) is 5.02. The molecular formula is C18H21NO3. The van der Waals surface area contributed by atoms with Gasteiger partial charge in [-0.3, -0.25) is 4.79 Å². The van der Waals surface area contributed by atoms with Crippen molar-refractivity contribution in [1.82, 2.24) is 0 Å². The Hall–Kier alpha value is -2.49. The van der Waals surface area contributed by atoms with Crippen molar-refractivity contribution in [3.05, 3.63) is 54.1 Å². The van der Waals surface area contributed by atoms with Gasteiger partial charge in [0.2, 0.25) is 5.91 Å². The van der Waals surface area contributed by atoms with E-state index in [1.807, 2.05) is 55.5 Å². The van der Waals surface area contributed by atoms with E-state index in [-0.39, 0.29) is 5.91 Å². The summed E-state index contributed by atoms with van der Waals surface area (Å²) in [7, 11) is 1.59. The van der Waals surface area contributed by atoms with Crippen molar-refractivity contribution >= 4 is 11.6 Å². The van der Waals surface area contributed by atoms with E-state index in [4.69, 9.17) is 9.47 Å². The molecule has 1 N–H and O–H groups in total. The number of aryl methyl sites for hydroxylation is 1. The van der Waals surface area contributed by atoms with Gasteiger partial charge in [0.05, 0.1) is 19.4 Å². The van der Waals surface area contributed by atoms with Gasteiger partial charge < -0.3 is 14.8 Å². The van der Waals surface area contributed by atoms with Crippen LogP contribution in [-0.4, -0.2) is 19.6 Å². The minimum atomic E-state index is -0.0411. The molecule has 2 aromatic rings. The quantitative estimate of drug-likeness (QED) is 0.791. The topological polar surface area (TPSA) is 47.6 Å². The number of hydrogen-bond acceptors (Lipinski definition) is 3. The third-order valence-electron chi connectivity index (χ3n) is 3.19. The number of rotatable bonds is 7. The van der Waals surface area contributed by atoms with Crippen LogP contribution in [0.4, 0.5) is 5.69 Å². The van der Waals surface area contributed by atoms with Crippen LogP contribution in [0.1, 0.15) is 18.4 Å². The Balaban J connectivity index is 1.77. The SMILES string of the molecule is COc1ccc(C)cc1NC(=O)CCCOc1ccccc1. The normalized spacial score (nSPS) is 10.1. The fourth-order valence-electron chi connectivity index (χ4n) is 2.07. The summed E-state index contributed by atoms with van der Waals surface area (Å²) >= 11 is 0. The number of benzene rings is 2. The average molecular weight is 299 g/mol. The first-order chi connectivity index (χ1) is 10.7. The van der Waals surface area contributed by atoms with Gasteiger partial charge in [0, 0.05) is 6.42 Å². The summed E-state index contributed by atoms with van der Waals surface area (Å²) in [5.74, 6) is 1.45. The molecule has 0 radical (unpaired) electrons. The van der Waals surface area contributed by atoms with Gasteiger partial charge in [0.1, 0.15) is 11.5 Å². The summed E-state index contributed by atoms with van der Waals surface area (Å²) < 4.78 is 10.8. The fourth-order valence-corrected chi connectivity index (χ4v) is 2.07. The molecule has 0 saturated heterocycles. The molecule has 4 nitrogen and oxygen atoms in total. The van der Waals surface area contributed by atoms with Crippen molar-refractivity contribution in [2.24, 2.45) is 0 Å². The number of para-hydroxylation sites is 1. The maximum Gasteiger partial charge on any atom is 0.224 e. The van der Waals surface area contributed by atoms with Crippen molar-refractivity contribution in [3.8, 4) is 11.5 Å². The first kappa shape index (κ1) is 15.9. The molecule has 0 unspecified atom stereocenters. The number of nitrogens with one attached hydrogen (secondary N) is 1. The second kappa shape index (κ2) is 8.08. The van der Waals surface area contributed by atoms with Crippen molar-refractivity contribution in [1.29, 1.82) is 0 Å². The molecule has 0 aromatic heterocycles. The van der Waals surface area contributed by atoms with Crippen molar-refractivity contribution in [2.45, 2.75) is 19.8 Å². The number of amides is 1. The van der Waals surface area contributed by atoms with Crippen LogP contribution in [0.15, 0.2) is 48.5 Å². The number of hydrogen-bond donors (Lipinski definition) is 1.